The second-order valence-corrected chi connectivity index (χ2v) is 12.0. The van der Waals surface area contributed by atoms with Gasteiger partial charge in [0.2, 0.25) is 0 Å². The zero-order valence-corrected chi connectivity index (χ0v) is 27.6. The maximum atomic E-state index is 13.2. The SMILES string of the molecule is CCC(C)n1ncn(-c2ccc(NCCNc3ccc(OC[C@@H]4CO[C@](Cc5ccnnc5)(c5ccc(C(F)(F)F)cc5)O4)cc3)cc2)c1=O. The summed E-state index contributed by atoms with van der Waals surface area (Å²) in [5.74, 6) is -0.668. The van der Waals surface area contributed by atoms with Crippen molar-refractivity contribution < 1.29 is 27.4 Å². The molecule has 0 spiro atoms. The highest BCUT2D eigenvalue weighted by Crippen LogP contribution is 2.39. The summed E-state index contributed by atoms with van der Waals surface area (Å²) in [6.07, 6.45) is 0.802. The van der Waals surface area contributed by atoms with Crippen LogP contribution in [0.4, 0.5) is 24.5 Å². The number of hydrogen-bond donors (Lipinski definition) is 2. The molecule has 1 unspecified atom stereocenters. The van der Waals surface area contributed by atoms with Crippen LogP contribution in [0.15, 0.2) is 102 Å². The van der Waals surface area contributed by atoms with E-state index in [-0.39, 0.29) is 31.4 Å². The monoisotopic (exact) mass is 689 g/mol. The normalized spacial score (nSPS) is 18.1. The first-order valence-corrected chi connectivity index (χ1v) is 16.4. The molecule has 3 aromatic carbocycles. The Hall–Kier alpha value is -5.21. The minimum absolute atomic E-state index is 0.0388. The zero-order chi connectivity index (χ0) is 35.1. The Kier molecular flexibility index (Phi) is 10.5. The number of nitrogens with zero attached hydrogens (tertiary/aromatic N) is 5. The summed E-state index contributed by atoms with van der Waals surface area (Å²) in [6, 6.07) is 21.8. The minimum Gasteiger partial charge on any atom is -0.491 e. The fraction of sp³-hybridized carbons (Fsp3) is 0.333. The van der Waals surface area contributed by atoms with Crippen LogP contribution in [0.25, 0.3) is 5.69 Å². The van der Waals surface area contributed by atoms with Crippen molar-refractivity contribution in [2.24, 2.45) is 0 Å². The van der Waals surface area contributed by atoms with Crippen molar-refractivity contribution in [2.45, 2.75) is 50.8 Å². The molecule has 0 amide bonds. The summed E-state index contributed by atoms with van der Waals surface area (Å²) >= 11 is 0. The molecule has 0 bridgehead atoms. The molecule has 1 saturated heterocycles. The standard InChI is InChI=1S/C36H38F3N7O4/c1-3-25(2)46-34(47)45(24-44-46)31-12-8-29(9-13-31)40-18-19-41-30-10-14-32(15-11-30)48-22-33-23-49-35(50-33,20-26-16-17-42-43-21-26)27-4-6-28(7-5-27)36(37,38)39/h4-17,21,24-25,33,40-41H,3,18-20,22-23H2,1-2H3/t25?,33-,35+/m1/s1. The molecule has 1 fully saturated rings. The van der Waals surface area contributed by atoms with Crippen LogP contribution in [0.5, 0.6) is 5.75 Å². The number of ether oxygens (including phenoxy) is 3. The van der Waals surface area contributed by atoms with Gasteiger partial charge in [0.1, 0.15) is 24.8 Å². The summed E-state index contributed by atoms with van der Waals surface area (Å²) in [5, 5.41) is 18.7. The van der Waals surface area contributed by atoms with Crippen molar-refractivity contribution in [3.63, 3.8) is 0 Å². The number of aromatic nitrogens is 5. The van der Waals surface area contributed by atoms with E-state index in [1.54, 1.807) is 18.6 Å². The van der Waals surface area contributed by atoms with Gasteiger partial charge in [0.15, 0.2) is 5.79 Å². The number of benzene rings is 3. The van der Waals surface area contributed by atoms with Gasteiger partial charge in [-0.3, -0.25) is 0 Å². The van der Waals surface area contributed by atoms with Gasteiger partial charge in [-0.15, -0.1) is 0 Å². The predicted octanol–water partition coefficient (Wildman–Crippen LogP) is 6.23. The van der Waals surface area contributed by atoms with Gasteiger partial charge < -0.3 is 24.8 Å². The van der Waals surface area contributed by atoms with Crippen molar-refractivity contribution in [3.05, 3.63) is 125 Å². The molecule has 50 heavy (non-hydrogen) atoms. The number of anilines is 2. The molecule has 2 N–H and O–H groups in total. The first-order chi connectivity index (χ1) is 24.1. The van der Waals surface area contributed by atoms with E-state index in [4.69, 9.17) is 14.2 Å². The molecule has 3 atom stereocenters. The van der Waals surface area contributed by atoms with Crippen LogP contribution < -0.4 is 21.1 Å². The van der Waals surface area contributed by atoms with Crippen molar-refractivity contribution in [1.82, 2.24) is 24.5 Å². The number of hydrogen-bond acceptors (Lipinski definition) is 9. The van der Waals surface area contributed by atoms with Gasteiger partial charge in [-0.25, -0.2) is 14.0 Å². The third kappa shape index (κ3) is 8.14. The molecule has 2 aromatic heterocycles. The third-order valence-corrected chi connectivity index (χ3v) is 8.51. The Morgan fingerprint density at radius 3 is 2.26 bits per heavy atom. The smallest absolute Gasteiger partial charge is 0.416 e. The van der Waals surface area contributed by atoms with E-state index in [1.165, 1.54) is 27.6 Å². The number of rotatable bonds is 14. The Morgan fingerprint density at radius 1 is 0.960 bits per heavy atom. The van der Waals surface area contributed by atoms with E-state index in [9.17, 15) is 18.0 Å². The Morgan fingerprint density at radius 2 is 1.64 bits per heavy atom. The lowest BCUT2D eigenvalue weighted by Gasteiger charge is -2.29. The van der Waals surface area contributed by atoms with Crippen molar-refractivity contribution >= 4 is 11.4 Å². The summed E-state index contributed by atoms with van der Waals surface area (Å²) < 4.78 is 61.1. The van der Waals surface area contributed by atoms with Crippen LogP contribution in [0.1, 0.15) is 43.0 Å². The summed E-state index contributed by atoms with van der Waals surface area (Å²) in [6.45, 7) is 5.69. The second-order valence-electron chi connectivity index (χ2n) is 12.0. The van der Waals surface area contributed by atoms with E-state index in [0.717, 1.165) is 41.2 Å². The fourth-order valence-corrected chi connectivity index (χ4v) is 5.58. The van der Waals surface area contributed by atoms with Gasteiger partial charge in [0.05, 0.1) is 30.1 Å². The van der Waals surface area contributed by atoms with E-state index in [0.29, 0.717) is 24.4 Å². The van der Waals surface area contributed by atoms with E-state index in [1.807, 2.05) is 62.4 Å². The maximum Gasteiger partial charge on any atom is 0.416 e. The second kappa shape index (κ2) is 15.1. The number of alkyl halides is 3. The molecule has 1 aliphatic heterocycles. The lowest BCUT2D eigenvalue weighted by Crippen LogP contribution is -2.32. The predicted molar refractivity (Wildman–Crippen MR) is 181 cm³/mol. The Bertz CT molecular complexity index is 1880. The summed E-state index contributed by atoms with van der Waals surface area (Å²) in [5.41, 5.74) is 2.92. The lowest BCUT2D eigenvalue weighted by atomic mass is 9.97. The Labute approximate surface area is 287 Å². The van der Waals surface area contributed by atoms with E-state index in [2.05, 4.69) is 25.9 Å². The Balaban J connectivity index is 0.979. The number of halogens is 3. The zero-order valence-electron chi connectivity index (χ0n) is 27.6. The molecule has 5 aromatic rings. The first kappa shape index (κ1) is 34.6. The highest BCUT2D eigenvalue weighted by Gasteiger charge is 2.44. The molecule has 262 valence electrons. The summed E-state index contributed by atoms with van der Waals surface area (Å²) in [4.78, 5) is 12.7. The maximum absolute atomic E-state index is 13.2. The topological polar surface area (TPSA) is 117 Å². The van der Waals surface area contributed by atoms with Crippen LogP contribution in [0.2, 0.25) is 0 Å². The van der Waals surface area contributed by atoms with Gasteiger partial charge in [0, 0.05) is 42.6 Å². The summed E-state index contributed by atoms with van der Waals surface area (Å²) in [7, 11) is 0. The van der Waals surface area contributed by atoms with Crippen LogP contribution in [0.3, 0.4) is 0 Å². The van der Waals surface area contributed by atoms with E-state index >= 15 is 0 Å². The average Bonchev–Trinajstić information content (AvgIpc) is 3.73. The van der Waals surface area contributed by atoms with Crippen LogP contribution >= 0.6 is 0 Å². The molecule has 0 aliphatic carbocycles. The molecule has 3 heterocycles. The first-order valence-electron chi connectivity index (χ1n) is 16.4. The van der Waals surface area contributed by atoms with Gasteiger partial charge in [0.25, 0.3) is 0 Å². The van der Waals surface area contributed by atoms with Crippen LogP contribution in [-0.2, 0) is 27.9 Å². The lowest BCUT2D eigenvalue weighted by molar-refractivity contribution is -0.178. The molecule has 11 nitrogen and oxygen atoms in total. The molecular formula is C36H38F3N7O4. The quantitative estimate of drug-likeness (QED) is 0.131. The van der Waals surface area contributed by atoms with E-state index < -0.39 is 23.6 Å². The molecular weight excluding hydrogens is 651 g/mol. The van der Waals surface area contributed by atoms with Crippen molar-refractivity contribution in [3.8, 4) is 11.4 Å². The van der Waals surface area contributed by atoms with Crippen LogP contribution in [-0.4, -0.2) is 57.0 Å². The number of nitrogens with one attached hydrogen (secondary N) is 2. The average molecular weight is 690 g/mol. The largest absolute Gasteiger partial charge is 0.491 e. The van der Waals surface area contributed by atoms with Crippen molar-refractivity contribution in [1.29, 1.82) is 0 Å². The molecule has 1 aliphatic rings. The van der Waals surface area contributed by atoms with Gasteiger partial charge >= 0.3 is 11.9 Å². The van der Waals surface area contributed by atoms with Crippen molar-refractivity contribution in [2.75, 3.05) is 36.9 Å². The highest BCUT2D eigenvalue weighted by atomic mass is 19.4. The third-order valence-electron chi connectivity index (χ3n) is 8.51. The van der Waals surface area contributed by atoms with Gasteiger partial charge in [-0.05, 0) is 85.6 Å². The fourth-order valence-electron chi connectivity index (χ4n) is 5.58. The molecule has 0 saturated carbocycles. The van der Waals surface area contributed by atoms with Gasteiger partial charge in [-0.2, -0.15) is 28.5 Å². The highest BCUT2D eigenvalue weighted by molar-refractivity contribution is 5.50. The molecule has 6 rings (SSSR count). The molecule has 14 heteroatoms. The van der Waals surface area contributed by atoms with Crippen LogP contribution in [0, 0.1) is 0 Å². The molecule has 0 radical (unpaired) electrons. The minimum atomic E-state index is -4.45. The van der Waals surface area contributed by atoms with Gasteiger partial charge in [-0.1, -0.05) is 19.1 Å².